The summed E-state index contributed by atoms with van der Waals surface area (Å²) in [4.78, 5) is 8.49. The third kappa shape index (κ3) is 2.54. The van der Waals surface area contributed by atoms with Gasteiger partial charge in [-0.05, 0) is 12.5 Å². The summed E-state index contributed by atoms with van der Waals surface area (Å²) < 4.78 is 5.44. The molecule has 1 aromatic heterocycles. The number of nitriles is 1. The first-order valence-electron chi connectivity index (χ1n) is 5.79. The van der Waals surface area contributed by atoms with Crippen LogP contribution in [0.4, 0.5) is 5.82 Å². The molecule has 0 radical (unpaired) electrons. The topological polar surface area (TPSA) is 84.8 Å². The van der Waals surface area contributed by atoms with E-state index in [1.807, 2.05) is 36.4 Å². The van der Waals surface area contributed by atoms with E-state index in [0.29, 0.717) is 17.1 Å². The maximum atomic E-state index is 8.96. The lowest BCUT2D eigenvalue weighted by Crippen LogP contribution is -2.12. The van der Waals surface area contributed by atoms with Gasteiger partial charge in [-0.25, -0.2) is 9.97 Å². The van der Waals surface area contributed by atoms with Gasteiger partial charge in [0.2, 0.25) is 0 Å². The first-order valence-corrected chi connectivity index (χ1v) is 5.79. The monoisotopic (exact) mass is 254 g/mol. The first-order chi connectivity index (χ1) is 9.17. The SMILES string of the molecule is COC(c1ccccc1)c1nc(C)c(C#N)c(N)n1. The van der Waals surface area contributed by atoms with Crippen molar-refractivity contribution >= 4 is 5.82 Å². The Balaban J connectivity index is 2.49. The van der Waals surface area contributed by atoms with Gasteiger partial charge in [-0.15, -0.1) is 0 Å². The summed E-state index contributed by atoms with van der Waals surface area (Å²) in [6.45, 7) is 1.73. The second kappa shape index (κ2) is 5.46. The van der Waals surface area contributed by atoms with Crippen LogP contribution in [0, 0.1) is 18.3 Å². The molecule has 0 spiro atoms. The van der Waals surface area contributed by atoms with E-state index in [1.165, 1.54) is 0 Å². The van der Waals surface area contributed by atoms with Crippen LogP contribution in [0.25, 0.3) is 0 Å². The van der Waals surface area contributed by atoms with Crippen molar-refractivity contribution in [1.82, 2.24) is 9.97 Å². The number of nitrogen functional groups attached to an aromatic ring is 1. The van der Waals surface area contributed by atoms with Gasteiger partial charge in [-0.3, -0.25) is 0 Å². The Morgan fingerprint density at radius 2 is 1.95 bits per heavy atom. The lowest BCUT2D eigenvalue weighted by molar-refractivity contribution is 0.129. The van der Waals surface area contributed by atoms with E-state index in [4.69, 9.17) is 15.7 Å². The lowest BCUT2D eigenvalue weighted by atomic mass is 10.1. The van der Waals surface area contributed by atoms with Gasteiger partial charge in [0.25, 0.3) is 0 Å². The number of aryl methyl sites for hydroxylation is 1. The second-order valence-corrected chi connectivity index (χ2v) is 4.07. The summed E-state index contributed by atoms with van der Waals surface area (Å²) in [5, 5.41) is 8.96. The van der Waals surface area contributed by atoms with Crippen LogP contribution in [0.3, 0.4) is 0 Å². The van der Waals surface area contributed by atoms with Crippen LogP contribution < -0.4 is 5.73 Å². The van der Waals surface area contributed by atoms with E-state index < -0.39 is 6.10 Å². The molecule has 0 aliphatic rings. The van der Waals surface area contributed by atoms with E-state index in [2.05, 4.69) is 9.97 Å². The minimum absolute atomic E-state index is 0.183. The zero-order chi connectivity index (χ0) is 13.8. The van der Waals surface area contributed by atoms with Crippen molar-refractivity contribution in [3.63, 3.8) is 0 Å². The number of hydrogen-bond acceptors (Lipinski definition) is 5. The molecule has 0 amide bonds. The van der Waals surface area contributed by atoms with E-state index in [1.54, 1.807) is 14.0 Å². The molecule has 1 atom stereocenters. The molecular formula is C14H14N4O. The standard InChI is InChI=1S/C14H14N4O/c1-9-11(8-15)13(16)18-14(17-9)12(19-2)10-6-4-3-5-7-10/h3-7,12H,1-2H3,(H2,16,17,18). The van der Waals surface area contributed by atoms with E-state index >= 15 is 0 Å². The van der Waals surface area contributed by atoms with Crippen LogP contribution in [-0.2, 0) is 4.74 Å². The third-order valence-corrected chi connectivity index (χ3v) is 2.82. The lowest BCUT2D eigenvalue weighted by Gasteiger charge is -2.15. The number of methoxy groups -OCH3 is 1. The maximum absolute atomic E-state index is 8.96. The zero-order valence-electron chi connectivity index (χ0n) is 10.8. The average molecular weight is 254 g/mol. The van der Waals surface area contributed by atoms with Crippen LogP contribution >= 0.6 is 0 Å². The molecule has 5 heteroatoms. The predicted molar refractivity (Wildman–Crippen MR) is 71.2 cm³/mol. The van der Waals surface area contributed by atoms with Crippen LogP contribution in [0.1, 0.15) is 28.7 Å². The Morgan fingerprint density at radius 3 is 2.47 bits per heavy atom. The highest BCUT2D eigenvalue weighted by Crippen LogP contribution is 2.24. The highest BCUT2D eigenvalue weighted by atomic mass is 16.5. The summed E-state index contributed by atoms with van der Waals surface area (Å²) in [7, 11) is 1.59. The van der Waals surface area contributed by atoms with Gasteiger partial charge < -0.3 is 10.5 Å². The van der Waals surface area contributed by atoms with Gasteiger partial charge in [-0.1, -0.05) is 30.3 Å². The maximum Gasteiger partial charge on any atom is 0.164 e. The van der Waals surface area contributed by atoms with Gasteiger partial charge in [0.05, 0.1) is 5.69 Å². The van der Waals surface area contributed by atoms with Gasteiger partial charge in [-0.2, -0.15) is 5.26 Å². The Labute approximate surface area is 111 Å². The summed E-state index contributed by atoms with van der Waals surface area (Å²) >= 11 is 0. The largest absolute Gasteiger partial charge is 0.382 e. The molecule has 1 unspecified atom stereocenters. The number of nitrogens with zero attached hydrogens (tertiary/aromatic N) is 3. The third-order valence-electron chi connectivity index (χ3n) is 2.82. The van der Waals surface area contributed by atoms with E-state index in [9.17, 15) is 0 Å². The molecule has 2 rings (SSSR count). The molecule has 0 aliphatic heterocycles. The molecule has 2 aromatic rings. The number of hydrogen-bond donors (Lipinski definition) is 1. The van der Waals surface area contributed by atoms with Gasteiger partial charge >= 0.3 is 0 Å². The Kier molecular flexibility index (Phi) is 3.74. The van der Waals surface area contributed by atoms with Gasteiger partial charge in [0.1, 0.15) is 23.6 Å². The molecule has 0 saturated carbocycles. The van der Waals surface area contributed by atoms with Crippen molar-refractivity contribution in [1.29, 1.82) is 5.26 Å². The minimum atomic E-state index is -0.394. The van der Waals surface area contributed by atoms with Crippen molar-refractivity contribution in [2.45, 2.75) is 13.0 Å². The quantitative estimate of drug-likeness (QED) is 0.905. The molecule has 0 aliphatic carbocycles. The van der Waals surface area contributed by atoms with Crippen molar-refractivity contribution < 1.29 is 4.74 Å². The van der Waals surface area contributed by atoms with Crippen molar-refractivity contribution in [3.05, 3.63) is 53.0 Å². The fourth-order valence-corrected chi connectivity index (χ4v) is 1.89. The number of rotatable bonds is 3. The van der Waals surface area contributed by atoms with Crippen LogP contribution in [-0.4, -0.2) is 17.1 Å². The van der Waals surface area contributed by atoms with Gasteiger partial charge in [0, 0.05) is 7.11 Å². The summed E-state index contributed by atoms with van der Waals surface area (Å²) in [5.74, 6) is 0.644. The van der Waals surface area contributed by atoms with E-state index in [-0.39, 0.29) is 5.82 Å². The smallest absolute Gasteiger partial charge is 0.164 e. The highest BCUT2D eigenvalue weighted by molar-refractivity contribution is 5.50. The summed E-state index contributed by atoms with van der Waals surface area (Å²) in [6.07, 6.45) is -0.394. The Morgan fingerprint density at radius 1 is 1.26 bits per heavy atom. The number of anilines is 1. The minimum Gasteiger partial charge on any atom is -0.382 e. The van der Waals surface area contributed by atoms with Crippen LogP contribution in [0.15, 0.2) is 30.3 Å². The summed E-state index contributed by atoms with van der Waals surface area (Å²) in [5.41, 5.74) is 7.58. The molecule has 5 nitrogen and oxygen atoms in total. The fraction of sp³-hybridized carbons (Fsp3) is 0.214. The molecule has 0 bridgehead atoms. The molecule has 0 saturated heterocycles. The number of benzene rings is 1. The molecule has 1 heterocycles. The molecule has 0 fully saturated rings. The highest BCUT2D eigenvalue weighted by Gasteiger charge is 2.19. The second-order valence-electron chi connectivity index (χ2n) is 4.07. The van der Waals surface area contributed by atoms with Crippen LogP contribution in [0.5, 0.6) is 0 Å². The fourth-order valence-electron chi connectivity index (χ4n) is 1.89. The Hall–Kier alpha value is -2.45. The predicted octanol–water partition coefficient (Wildman–Crippen LogP) is 1.97. The Bertz CT molecular complexity index is 596. The van der Waals surface area contributed by atoms with E-state index in [0.717, 1.165) is 5.56 Å². The summed E-state index contributed by atoms with van der Waals surface area (Å²) in [6, 6.07) is 11.6. The van der Waals surface area contributed by atoms with Gasteiger partial charge in [0.15, 0.2) is 5.82 Å². The number of nitrogens with two attached hydrogens (primary N) is 1. The number of aromatic nitrogens is 2. The average Bonchev–Trinajstić information content (AvgIpc) is 2.40. The van der Waals surface area contributed by atoms with Crippen LogP contribution in [0.2, 0.25) is 0 Å². The van der Waals surface area contributed by atoms with Crippen molar-refractivity contribution in [2.24, 2.45) is 0 Å². The number of ether oxygens (including phenoxy) is 1. The zero-order valence-corrected chi connectivity index (χ0v) is 10.8. The normalized spacial score (nSPS) is 11.8. The van der Waals surface area contributed by atoms with Crippen molar-refractivity contribution in [3.8, 4) is 6.07 Å². The van der Waals surface area contributed by atoms with Crippen molar-refractivity contribution in [2.75, 3.05) is 12.8 Å². The molecule has 19 heavy (non-hydrogen) atoms. The first kappa shape index (κ1) is 13.0. The molecule has 96 valence electrons. The molecular weight excluding hydrogens is 240 g/mol. The molecule has 1 aromatic carbocycles. The molecule has 2 N–H and O–H groups in total.